The molecule has 0 fully saturated rings. The third kappa shape index (κ3) is 3.77. The monoisotopic (exact) mass is 417 g/mol. The van der Waals surface area contributed by atoms with Crippen molar-refractivity contribution in [3.8, 4) is 5.75 Å². The molecule has 2 unspecified atom stereocenters. The first-order valence-corrected chi connectivity index (χ1v) is 10.2. The van der Waals surface area contributed by atoms with E-state index in [9.17, 15) is 14.0 Å². The molecule has 0 radical (unpaired) electrons. The minimum Gasteiger partial charge on any atom is -0.493 e. The number of halogens is 1. The van der Waals surface area contributed by atoms with Crippen LogP contribution in [0.2, 0.25) is 0 Å². The largest absolute Gasteiger partial charge is 0.493 e. The molecule has 2 aliphatic rings. The van der Waals surface area contributed by atoms with Gasteiger partial charge in [0, 0.05) is 24.0 Å². The number of cyclic esters (lactones) is 1. The Labute approximate surface area is 178 Å². The summed E-state index contributed by atoms with van der Waals surface area (Å²) in [6.45, 7) is 0.443. The predicted octanol–water partition coefficient (Wildman–Crippen LogP) is 4.53. The van der Waals surface area contributed by atoms with E-state index in [1.807, 2.05) is 30.3 Å². The normalized spacial score (nSPS) is 19.5. The van der Waals surface area contributed by atoms with E-state index in [0.29, 0.717) is 41.9 Å². The van der Waals surface area contributed by atoms with E-state index in [-0.39, 0.29) is 23.9 Å². The minimum atomic E-state index is -0.393. The van der Waals surface area contributed by atoms with Gasteiger partial charge in [-0.15, -0.1) is 0 Å². The summed E-state index contributed by atoms with van der Waals surface area (Å²) in [5, 5.41) is 2.98. The van der Waals surface area contributed by atoms with Crippen molar-refractivity contribution in [3.63, 3.8) is 0 Å². The van der Waals surface area contributed by atoms with Crippen LogP contribution in [0.3, 0.4) is 0 Å². The lowest BCUT2D eigenvalue weighted by molar-refractivity contribution is 0.0252. The summed E-state index contributed by atoms with van der Waals surface area (Å²) in [6, 6.07) is 18.5. The summed E-state index contributed by atoms with van der Waals surface area (Å²) in [5.41, 5.74) is 3.24. The second-order valence-corrected chi connectivity index (χ2v) is 7.73. The fourth-order valence-corrected chi connectivity index (χ4v) is 4.15. The summed E-state index contributed by atoms with van der Waals surface area (Å²) in [5.74, 6) is -0.462. The summed E-state index contributed by atoms with van der Waals surface area (Å²) < 4.78 is 24.9. The lowest BCUT2D eigenvalue weighted by atomic mass is 9.93. The molecule has 6 heteroatoms. The smallest absolute Gasteiger partial charge is 0.339 e. The highest BCUT2D eigenvalue weighted by molar-refractivity contribution is 5.98. The lowest BCUT2D eigenvalue weighted by Crippen LogP contribution is -2.32. The molecule has 0 spiro atoms. The molecule has 2 aliphatic heterocycles. The zero-order chi connectivity index (χ0) is 21.4. The Hall–Kier alpha value is -3.67. The number of fused-ring (bicyclic) bond motifs is 2. The Bertz CT molecular complexity index is 1160. The van der Waals surface area contributed by atoms with Gasteiger partial charge in [0.2, 0.25) is 0 Å². The maximum atomic E-state index is 13.7. The highest BCUT2D eigenvalue weighted by atomic mass is 19.1. The number of benzene rings is 3. The molecule has 156 valence electrons. The second-order valence-electron chi connectivity index (χ2n) is 7.73. The number of rotatable bonds is 3. The van der Waals surface area contributed by atoms with E-state index < -0.39 is 5.97 Å². The van der Waals surface area contributed by atoms with Crippen LogP contribution in [0.25, 0.3) is 0 Å². The molecular weight excluding hydrogens is 397 g/mol. The Kier molecular flexibility index (Phi) is 4.90. The molecule has 0 aromatic heterocycles. The van der Waals surface area contributed by atoms with Crippen molar-refractivity contribution in [2.75, 3.05) is 6.61 Å². The lowest BCUT2D eigenvalue weighted by Gasteiger charge is -2.27. The topological polar surface area (TPSA) is 64.6 Å². The average Bonchev–Trinajstić information content (AvgIpc) is 2.79. The first-order chi connectivity index (χ1) is 15.1. The number of amides is 1. The summed E-state index contributed by atoms with van der Waals surface area (Å²) in [7, 11) is 0. The number of ether oxygens (including phenoxy) is 2. The molecule has 1 N–H and O–H groups in total. The fraction of sp³-hybridized carbons (Fsp3) is 0.200. The second kappa shape index (κ2) is 7.87. The number of hydrogen-bond donors (Lipinski definition) is 1. The Morgan fingerprint density at radius 3 is 2.71 bits per heavy atom. The molecule has 0 aliphatic carbocycles. The predicted molar refractivity (Wildman–Crippen MR) is 111 cm³/mol. The Morgan fingerprint density at radius 1 is 1.03 bits per heavy atom. The first-order valence-electron chi connectivity index (χ1n) is 10.2. The fourth-order valence-electron chi connectivity index (χ4n) is 4.15. The van der Waals surface area contributed by atoms with Crippen molar-refractivity contribution >= 4 is 11.9 Å². The van der Waals surface area contributed by atoms with Gasteiger partial charge in [0.15, 0.2) is 0 Å². The number of esters is 1. The van der Waals surface area contributed by atoms with Crippen LogP contribution in [-0.2, 0) is 11.2 Å². The van der Waals surface area contributed by atoms with Gasteiger partial charge in [-0.2, -0.15) is 0 Å². The highest BCUT2D eigenvalue weighted by Gasteiger charge is 2.29. The molecule has 2 heterocycles. The zero-order valence-corrected chi connectivity index (χ0v) is 16.6. The standard InChI is InChI=1S/C25H20FNO4/c26-18-7-9-22-20(14-18)21(10-11-30-22)27-24(28)16-6-8-19-17(12-16)13-23(31-25(19)29)15-4-2-1-3-5-15/h1-9,12,14,21,23H,10-11,13H2,(H,27,28). The van der Waals surface area contributed by atoms with Gasteiger partial charge in [-0.1, -0.05) is 30.3 Å². The minimum absolute atomic E-state index is 0.278. The van der Waals surface area contributed by atoms with Crippen LogP contribution in [0.4, 0.5) is 4.39 Å². The molecule has 5 nitrogen and oxygen atoms in total. The number of hydrogen-bond acceptors (Lipinski definition) is 4. The summed E-state index contributed by atoms with van der Waals surface area (Å²) >= 11 is 0. The quantitative estimate of drug-likeness (QED) is 0.636. The first kappa shape index (κ1) is 19.3. The van der Waals surface area contributed by atoms with Gasteiger partial charge >= 0.3 is 5.97 Å². The van der Waals surface area contributed by atoms with Gasteiger partial charge < -0.3 is 14.8 Å². The average molecular weight is 417 g/mol. The molecular formula is C25H20FNO4. The molecule has 1 amide bonds. The molecule has 0 saturated heterocycles. The number of carbonyl (C=O) groups excluding carboxylic acids is 2. The maximum Gasteiger partial charge on any atom is 0.339 e. The SMILES string of the molecule is O=C(NC1CCOc2ccc(F)cc21)c1ccc2c(c1)CC(c1ccccc1)OC2=O. The van der Waals surface area contributed by atoms with Crippen LogP contribution in [-0.4, -0.2) is 18.5 Å². The molecule has 3 aromatic carbocycles. The van der Waals surface area contributed by atoms with Gasteiger partial charge in [0.05, 0.1) is 18.2 Å². The molecule has 0 saturated carbocycles. The van der Waals surface area contributed by atoms with E-state index in [2.05, 4.69) is 5.32 Å². The molecule has 31 heavy (non-hydrogen) atoms. The van der Waals surface area contributed by atoms with Crippen molar-refractivity contribution < 1.29 is 23.5 Å². The summed E-state index contributed by atoms with van der Waals surface area (Å²) in [6.07, 6.45) is 0.664. The van der Waals surface area contributed by atoms with Crippen molar-refractivity contribution in [2.24, 2.45) is 0 Å². The van der Waals surface area contributed by atoms with E-state index in [1.54, 1.807) is 24.3 Å². The molecule has 0 bridgehead atoms. The Balaban J connectivity index is 1.39. The van der Waals surface area contributed by atoms with Crippen LogP contribution in [0.15, 0.2) is 66.7 Å². The van der Waals surface area contributed by atoms with Crippen molar-refractivity contribution in [1.29, 1.82) is 0 Å². The summed E-state index contributed by atoms with van der Waals surface area (Å²) in [4.78, 5) is 25.4. The third-order valence-electron chi connectivity index (χ3n) is 5.73. The number of carbonyl (C=O) groups is 2. The van der Waals surface area contributed by atoms with Gasteiger partial charge in [-0.05, 0) is 47.5 Å². The van der Waals surface area contributed by atoms with Crippen LogP contribution >= 0.6 is 0 Å². The van der Waals surface area contributed by atoms with E-state index in [1.165, 1.54) is 12.1 Å². The third-order valence-corrected chi connectivity index (χ3v) is 5.73. The van der Waals surface area contributed by atoms with Crippen molar-refractivity contribution in [2.45, 2.75) is 25.0 Å². The van der Waals surface area contributed by atoms with Crippen molar-refractivity contribution in [1.82, 2.24) is 5.32 Å². The van der Waals surface area contributed by atoms with Crippen LogP contribution in [0, 0.1) is 5.82 Å². The molecule has 2 atom stereocenters. The van der Waals surface area contributed by atoms with E-state index >= 15 is 0 Å². The zero-order valence-electron chi connectivity index (χ0n) is 16.6. The molecule has 3 aromatic rings. The Morgan fingerprint density at radius 2 is 1.87 bits per heavy atom. The maximum absolute atomic E-state index is 13.7. The van der Waals surface area contributed by atoms with Crippen molar-refractivity contribution in [3.05, 3.63) is 100 Å². The van der Waals surface area contributed by atoms with Crippen LogP contribution in [0.1, 0.15) is 56.0 Å². The van der Waals surface area contributed by atoms with Gasteiger partial charge in [0.25, 0.3) is 5.91 Å². The molecule has 5 rings (SSSR count). The van der Waals surface area contributed by atoms with Crippen LogP contribution in [0.5, 0.6) is 5.75 Å². The van der Waals surface area contributed by atoms with Gasteiger partial charge in [-0.25, -0.2) is 9.18 Å². The van der Waals surface area contributed by atoms with Gasteiger partial charge in [0.1, 0.15) is 17.7 Å². The van der Waals surface area contributed by atoms with E-state index in [0.717, 1.165) is 11.1 Å². The van der Waals surface area contributed by atoms with E-state index in [4.69, 9.17) is 9.47 Å². The van der Waals surface area contributed by atoms with Crippen LogP contribution < -0.4 is 10.1 Å². The van der Waals surface area contributed by atoms with Gasteiger partial charge in [-0.3, -0.25) is 4.79 Å². The highest BCUT2D eigenvalue weighted by Crippen LogP contribution is 2.34. The number of nitrogens with one attached hydrogen (secondary N) is 1.